The Labute approximate surface area is 155 Å². The predicted molar refractivity (Wildman–Crippen MR) is 103 cm³/mol. The molecule has 0 bridgehead atoms. The Morgan fingerprint density at radius 2 is 1.73 bits per heavy atom. The third kappa shape index (κ3) is 5.62. The first-order chi connectivity index (χ1) is 12.6. The van der Waals surface area contributed by atoms with Gasteiger partial charge in [0, 0.05) is 38.4 Å². The quantitative estimate of drug-likeness (QED) is 0.741. The van der Waals surface area contributed by atoms with E-state index in [1.165, 1.54) is 0 Å². The van der Waals surface area contributed by atoms with Crippen molar-refractivity contribution in [2.24, 2.45) is 0 Å². The van der Waals surface area contributed by atoms with Gasteiger partial charge in [-0.05, 0) is 37.7 Å². The molecular weight excluding hydrogens is 332 g/mol. The first kappa shape index (κ1) is 20.0. The van der Waals surface area contributed by atoms with E-state index in [1.807, 2.05) is 47.9 Å². The lowest BCUT2D eigenvalue weighted by molar-refractivity contribution is -0.133. The van der Waals surface area contributed by atoms with Crippen LogP contribution in [0.2, 0.25) is 0 Å². The van der Waals surface area contributed by atoms with Gasteiger partial charge in [0.15, 0.2) is 0 Å². The van der Waals surface area contributed by atoms with Crippen molar-refractivity contribution < 1.29 is 14.3 Å². The molecule has 0 radical (unpaired) electrons. The van der Waals surface area contributed by atoms with Crippen LogP contribution < -0.4 is 15.0 Å². The molecule has 1 heterocycles. The summed E-state index contributed by atoms with van der Waals surface area (Å²) in [5.74, 6) is 0.895. The van der Waals surface area contributed by atoms with Crippen LogP contribution in [0.3, 0.4) is 0 Å². The lowest BCUT2D eigenvalue weighted by atomic mass is 10.2. The number of carbonyl (C=O) groups excluding carboxylic acids is 2. The largest absolute Gasteiger partial charge is 0.497 e. The molecule has 0 saturated carbocycles. The number of nitrogens with one attached hydrogen (secondary N) is 1. The minimum absolute atomic E-state index is 0.0357. The van der Waals surface area contributed by atoms with Gasteiger partial charge < -0.3 is 19.9 Å². The van der Waals surface area contributed by atoms with Crippen LogP contribution in [0.4, 0.5) is 5.69 Å². The Bertz CT molecular complexity index is 583. The average Bonchev–Trinajstić information content (AvgIpc) is 2.67. The van der Waals surface area contributed by atoms with E-state index in [-0.39, 0.29) is 24.9 Å². The zero-order valence-corrected chi connectivity index (χ0v) is 16.0. The van der Waals surface area contributed by atoms with E-state index in [9.17, 15) is 9.59 Å². The minimum atomic E-state index is -0.0357. The lowest BCUT2D eigenvalue weighted by Crippen LogP contribution is -2.52. The van der Waals surface area contributed by atoms with Crippen molar-refractivity contribution >= 4 is 17.5 Å². The molecular formula is C19H30N4O3. The van der Waals surface area contributed by atoms with Crippen molar-refractivity contribution in [3.05, 3.63) is 24.3 Å². The van der Waals surface area contributed by atoms with Gasteiger partial charge in [-0.3, -0.25) is 14.5 Å². The highest BCUT2D eigenvalue weighted by Gasteiger charge is 2.23. The second kappa shape index (κ2) is 10.0. The van der Waals surface area contributed by atoms with E-state index in [0.29, 0.717) is 26.2 Å². The highest BCUT2D eigenvalue weighted by molar-refractivity contribution is 5.81. The number of methoxy groups -OCH3 is 1. The molecule has 1 fully saturated rings. The molecule has 0 aliphatic carbocycles. The molecule has 1 aliphatic heterocycles. The fourth-order valence-electron chi connectivity index (χ4n) is 3.03. The van der Waals surface area contributed by atoms with Gasteiger partial charge in [0.25, 0.3) is 0 Å². The van der Waals surface area contributed by atoms with Crippen molar-refractivity contribution in [1.29, 1.82) is 0 Å². The predicted octanol–water partition coefficient (Wildman–Crippen LogP) is 0.802. The molecule has 2 rings (SSSR count). The molecule has 1 aromatic rings. The van der Waals surface area contributed by atoms with Crippen LogP contribution in [0, 0.1) is 0 Å². The van der Waals surface area contributed by atoms with Crippen molar-refractivity contribution in [2.75, 3.05) is 64.4 Å². The SMILES string of the molecule is CCNC(=O)CN(CC)CC(=O)N1CCN(c2ccc(OC)cc2)CC1. The van der Waals surface area contributed by atoms with Crippen LogP contribution in [-0.2, 0) is 9.59 Å². The number of piperazine rings is 1. The summed E-state index contributed by atoms with van der Waals surface area (Å²) in [5, 5.41) is 2.77. The smallest absolute Gasteiger partial charge is 0.236 e. The number of amides is 2. The summed E-state index contributed by atoms with van der Waals surface area (Å²) in [4.78, 5) is 30.3. The van der Waals surface area contributed by atoms with E-state index >= 15 is 0 Å². The van der Waals surface area contributed by atoms with Gasteiger partial charge in [0.2, 0.25) is 11.8 Å². The number of hydrogen-bond donors (Lipinski definition) is 1. The van der Waals surface area contributed by atoms with E-state index in [2.05, 4.69) is 10.2 Å². The van der Waals surface area contributed by atoms with E-state index < -0.39 is 0 Å². The molecule has 144 valence electrons. The summed E-state index contributed by atoms with van der Waals surface area (Å²) >= 11 is 0. The second-order valence-corrected chi connectivity index (χ2v) is 6.32. The van der Waals surface area contributed by atoms with Crippen molar-refractivity contribution in [2.45, 2.75) is 13.8 Å². The normalized spacial score (nSPS) is 14.5. The number of carbonyl (C=O) groups is 2. The standard InChI is InChI=1S/C19H30N4O3/c1-4-20-18(24)14-21(5-2)15-19(25)23-12-10-22(11-13-23)16-6-8-17(26-3)9-7-16/h6-9H,4-5,10-15H2,1-3H3,(H,20,24). The molecule has 1 aromatic carbocycles. The van der Waals surface area contributed by atoms with Crippen LogP contribution in [0.25, 0.3) is 0 Å². The van der Waals surface area contributed by atoms with Gasteiger partial charge >= 0.3 is 0 Å². The summed E-state index contributed by atoms with van der Waals surface area (Å²) < 4.78 is 5.19. The number of hydrogen-bond acceptors (Lipinski definition) is 5. The Morgan fingerprint density at radius 3 is 2.27 bits per heavy atom. The van der Waals surface area contributed by atoms with Gasteiger partial charge in [-0.1, -0.05) is 6.92 Å². The topological polar surface area (TPSA) is 65.1 Å². The lowest BCUT2D eigenvalue weighted by Gasteiger charge is -2.37. The zero-order chi connectivity index (χ0) is 18.9. The summed E-state index contributed by atoms with van der Waals surface area (Å²) in [6, 6.07) is 7.99. The van der Waals surface area contributed by atoms with Crippen LogP contribution in [-0.4, -0.2) is 81.1 Å². The first-order valence-electron chi connectivity index (χ1n) is 9.23. The molecule has 2 amide bonds. The third-order valence-corrected chi connectivity index (χ3v) is 4.62. The Kier molecular flexibility index (Phi) is 7.72. The summed E-state index contributed by atoms with van der Waals surface area (Å²) in [6.07, 6.45) is 0. The fourth-order valence-corrected chi connectivity index (χ4v) is 3.03. The van der Waals surface area contributed by atoms with Crippen LogP contribution in [0.1, 0.15) is 13.8 Å². The number of nitrogens with zero attached hydrogens (tertiary/aromatic N) is 3. The van der Waals surface area contributed by atoms with E-state index in [1.54, 1.807) is 7.11 Å². The number of rotatable bonds is 8. The highest BCUT2D eigenvalue weighted by atomic mass is 16.5. The zero-order valence-electron chi connectivity index (χ0n) is 16.0. The second-order valence-electron chi connectivity index (χ2n) is 6.32. The van der Waals surface area contributed by atoms with E-state index in [0.717, 1.165) is 24.5 Å². The van der Waals surface area contributed by atoms with Crippen LogP contribution in [0.15, 0.2) is 24.3 Å². The van der Waals surface area contributed by atoms with Gasteiger partial charge in [0.05, 0.1) is 20.2 Å². The van der Waals surface area contributed by atoms with Gasteiger partial charge in [0.1, 0.15) is 5.75 Å². The van der Waals surface area contributed by atoms with Crippen molar-refractivity contribution in [3.8, 4) is 5.75 Å². The molecule has 0 unspecified atom stereocenters. The molecule has 26 heavy (non-hydrogen) atoms. The molecule has 0 atom stereocenters. The third-order valence-electron chi connectivity index (χ3n) is 4.62. The number of likely N-dealkylation sites (N-methyl/N-ethyl adjacent to an activating group) is 2. The maximum Gasteiger partial charge on any atom is 0.236 e. The minimum Gasteiger partial charge on any atom is -0.497 e. The monoisotopic (exact) mass is 362 g/mol. The van der Waals surface area contributed by atoms with Gasteiger partial charge in [-0.25, -0.2) is 0 Å². The molecule has 0 spiro atoms. The summed E-state index contributed by atoms with van der Waals surface area (Å²) in [7, 11) is 1.66. The highest BCUT2D eigenvalue weighted by Crippen LogP contribution is 2.20. The van der Waals surface area contributed by atoms with Crippen molar-refractivity contribution in [1.82, 2.24) is 15.1 Å². The number of anilines is 1. The number of benzene rings is 1. The Balaban J connectivity index is 1.82. The van der Waals surface area contributed by atoms with E-state index in [4.69, 9.17) is 4.74 Å². The molecule has 1 aliphatic rings. The summed E-state index contributed by atoms with van der Waals surface area (Å²) in [6.45, 7) is 8.70. The van der Waals surface area contributed by atoms with Gasteiger partial charge in [-0.2, -0.15) is 0 Å². The average molecular weight is 362 g/mol. The number of ether oxygens (including phenoxy) is 1. The van der Waals surface area contributed by atoms with Crippen LogP contribution >= 0.6 is 0 Å². The summed E-state index contributed by atoms with van der Waals surface area (Å²) in [5.41, 5.74) is 1.14. The Hall–Kier alpha value is -2.28. The van der Waals surface area contributed by atoms with Crippen molar-refractivity contribution in [3.63, 3.8) is 0 Å². The maximum absolute atomic E-state index is 12.6. The Morgan fingerprint density at radius 1 is 1.08 bits per heavy atom. The fraction of sp³-hybridized carbons (Fsp3) is 0.579. The molecule has 1 saturated heterocycles. The first-order valence-corrected chi connectivity index (χ1v) is 9.23. The van der Waals surface area contributed by atoms with Gasteiger partial charge in [-0.15, -0.1) is 0 Å². The maximum atomic E-state index is 12.6. The molecule has 7 heteroatoms. The molecule has 1 N–H and O–H groups in total. The van der Waals surface area contributed by atoms with Crippen LogP contribution in [0.5, 0.6) is 5.75 Å². The molecule has 7 nitrogen and oxygen atoms in total. The molecule has 0 aromatic heterocycles.